The van der Waals surface area contributed by atoms with Crippen LogP contribution in [0.2, 0.25) is 0 Å². The van der Waals surface area contributed by atoms with Gasteiger partial charge in [-0.05, 0) is 12.5 Å². The summed E-state index contributed by atoms with van der Waals surface area (Å²) >= 11 is 0. The van der Waals surface area contributed by atoms with Crippen LogP contribution in [0.5, 0.6) is 0 Å². The van der Waals surface area contributed by atoms with Gasteiger partial charge in [-0.2, -0.15) is 0 Å². The van der Waals surface area contributed by atoms with Crippen LogP contribution in [0.3, 0.4) is 0 Å². The fourth-order valence-electron chi connectivity index (χ4n) is 1.99. The Hall–Kier alpha value is -2.36. The number of anilines is 1. The van der Waals surface area contributed by atoms with Crippen molar-refractivity contribution in [2.75, 3.05) is 5.32 Å². The molecule has 1 N–H and O–H groups in total. The molecular weight excluding hydrogens is 224 g/mol. The molecule has 1 aromatic carbocycles. The van der Waals surface area contributed by atoms with Gasteiger partial charge in [0.05, 0.1) is 6.04 Å². The van der Waals surface area contributed by atoms with Crippen LogP contribution in [-0.2, 0) is 0 Å². The van der Waals surface area contributed by atoms with Crippen LogP contribution in [-0.4, -0.2) is 14.4 Å². The normalized spacial score (nSPS) is 12.5. The predicted molar refractivity (Wildman–Crippen MR) is 71.5 cm³/mol. The van der Waals surface area contributed by atoms with Crippen LogP contribution < -0.4 is 5.32 Å². The molecule has 4 heteroatoms. The van der Waals surface area contributed by atoms with E-state index >= 15 is 0 Å². The van der Waals surface area contributed by atoms with E-state index in [1.165, 1.54) is 5.56 Å². The maximum Gasteiger partial charge on any atom is 0.180 e. The first-order chi connectivity index (χ1) is 8.84. The van der Waals surface area contributed by atoms with Crippen molar-refractivity contribution < 1.29 is 0 Å². The van der Waals surface area contributed by atoms with Crippen molar-refractivity contribution in [1.82, 2.24) is 14.4 Å². The number of benzene rings is 1. The molecule has 3 aromatic rings. The number of hydrogen-bond donors (Lipinski definition) is 1. The molecule has 2 aromatic heterocycles. The third kappa shape index (κ3) is 1.93. The molecule has 3 rings (SSSR count). The molecule has 1 atom stereocenters. The Balaban J connectivity index is 1.91. The number of fused-ring (bicyclic) bond motifs is 1. The fraction of sp³-hybridized carbons (Fsp3) is 0.143. The molecule has 2 heterocycles. The lowest BCUT2D eigenvalue weighted by Crippen LogP contribution is -2.09. The smallest absolute Gasteiger partial charge is 0.180 e. The van der Waals surface area contributed by atoms with Crippen LogP contribution >= 0.6 is 0 Å². The molecule has 0 amide bonds. The lowest BCUT2D eigenvalue weighted by Gasteiger charge is -2.15. The minimum Gasteiger partial charge on any atom is -0.360 e. The van der Waals surface area contributed by atoms with Gasteiger partial charge in [-0.1, -0.05) is 30.3 Å². The van der Waals surface area contributed by atoms with Crippen molar-refractivity contribution in [3.63, 3.8) is 0 Å². The standard InChI is InChI=1S/C14H14N4/c1-11(12-5-3-2-4-6-12)17-13-14-16-8-10-18(14)9-7-15-13/h2-11H,1H3,(H,15,17)/t11-/m1/s1. The molecular formula is C14H14N4. The number of nitrogens with one attached hydrogen (secondary N) is 1. The summed E-state index contributed by atoms with van der Waals surface area (Å²) in [5.41, 5.74) is 2.08. The number of imidazole rings is 1. The van der Waals surface area contributed by atoms with Crippen LogP contribution in [0.4, 0.5) is 5.82 Å². The van der Waals surface area contributed by atoms with Crippen molar-refractivity contribution in [2.45, 2.75) is 13.0 Å². The van der Waals surface area contributed by atoms with E-state index < -0.39 is 0 Å². The summed E-state index contributed by atoms with van der Waals surface area (Å²) in [5, 5.41) is 3.39. The largest absolute Gasteiger partial charge is 0.360 e. The van der Waals surface area contributed by atoms with Crippen LogP contribution in [0.25, 0.3) is 5.65 Å². The van der Waals surface area contributed by atoms with E-state index in [9.17, 15) is 0 Å². The maximum absolute atomic E-state index is 4.35. The van der Waals surface area contributed by atoms with Gasteiger partial charge in [0.25, 0.3) is 0 Å². The van der Waals surface area contributed by atoms with Gasteiger partial charge in [-0.3, -0.25) is 0 Å². The van der Waals surface area contributed by atoms with Gasteiger partial charge in [-0.25, -0.2) is 9.97 Å². The molecule has 90 valence electrons. The minimum atomic E-state index is 0.196. The molecule has 0 aliphatic rings. The first-order valence-corrected chi connectivity index (χ1v) is 5.94. The van der Waals surface area contributed by atoms with Crippen molar-refractivity contribution in [3.8, 4) is 0 Å². The van der Waals surface area contributed by atoms with E-state index in [4.69, 9.17) is 0 Å². The molecule has 0 spiro atoms. The third-order valence-corrected chi connectivity index (χ3v) is 2.96. The topological polar surface area (TPSA) is 42.2 Å². The van der Waals surface area contributed by atoms with E-state index in [1.54, 1.807) is 12.4 Å². The summed E-state index contributed by atoms with van der Waals surface area (Å²) in [6, 6.07) is 10.5. The summed E-state index contributed by atoms with van der Waals surface area (Å²) < 4.78 is 1.95. The number of rotatable bonds is 3. The van der Waals surface area contributed by atoms with Gasteiger partial charge in [0.2, 0.25) is 0 Å². The third-order valence-electron chi connectivity index (χ3n) is 2.96. The van der Waals surface area contributed by atoms with Crippen molar-refractivity contribution in [1.29, 1.82) is 0 Å². The summed E-state index contributed by atoms with van der Waals surface area (Å²) in [7, 11) is 0. The zero-order valence-corrected chi connectivity index (χ0v) is 10.1. The highest BCUT2D eigenvalue weighted by molar-refractivity contribution is 5.62. The maximum atomic E-state index is 4.35. The molecule has 18 heavy (non-hydrogen) atoms. The molecule has 4 nitrogen and oxygen atoms in total. The summed E-state index contributed by atoms with van der Waals surface area (Å²) in [6.07, 6.45) is 7.35. The Bertz CT molecular complexity index is 645. The molecule has 0 saturated heterocycles. The molecule has 0 bridgehead atoms. The predicted octanol–water partition coefficient (Wildman–Crippen LogP) is 2.90. The SMILES string of the molecule is C[C@@H](Nc1nccn2ccnc12)c1ccccc1. The minimum absolute atomic E-state index is 0.196. The highest BCUT2D eigenvalue weighted by Crippen LogP contribution is 2.19. The van der Waals surface area contributed by atoms with E-state index in [2.05, 4.69) is 34.3 Å². The van der Waals surface area contributed by atoms with Crippen LogP contribution in [0.1, 0.15) is 18.5 Å². The van der Waals surface area contributed by atoms with Gasteiger partial charge < -0.3 is 9.72 Å². The lowest BCUT2D eigenvalue weighted by atomic mass is 10.1. The Morgan fingerprint density at radius 1 is 1.06 bits per heavy atom. The van der Waals surface area contributed by atoms with Crippen molar-refractivity contribution in [2.24, 2.45) is 0 Å². The van der Waals surface area contributed by atoms with E-state index in [0.717, 1.165) is 11.5 Å². The summed E-state index contributed by atoms with van der Waals surface area (Å²) in [4.78, 5) is 8.65. The molecule has 0 aliphatic heterocycles. The number of nitrogens with zero attached hydrogens (tertiary/aromatic N) is 3. The van der Waals surface area contributed by atoms with Gasteiger partial charge >= 0.3 is 0 Å². The average Bonchev–Trinajstić information content (AvgIpc) is 2.89. The highest BCUT2D eigenvalue weighted by atomic mass is 15.1. The molecule has 0 radical (unpaired) electrons. The van der Waals surface area contributed by atoms with Crippen LogP contribution in [0, 0.1) is 0 Å². The zero-order valence-electron chi connectivity index (χ0n) is 10.1. The van der Waals surface area contributed by atoms with Gasteiger partial charge in [0.15, 0.2) is 11.5 Å². The van der Waals surface area contributed by atoms with Gasteiger partial charge in [-0.15, -0.1) is 0 Å². The van der Waals surface area contributed by atoms with Crippen molar-refractivity contribution >= 4 is 11.5 Å². The average molecular weight is 238 g/mol. The summed E-state index contributed by atoms with van der Waals surface area (Å²) in [6.45, 7) is 2.11. The van der Waals surface area contributed by atoms with Gasteiger partial charge in [0, 0.05) is 24.8 Å². The van der Waals surface area contributed by atoms with E-state index in [-0.39, 0.29) is 6.04 Å². The fourth-order valence-corrected chi connectivity index (χ4v) is 1.99. The first-order valence-electron chi connectivity index (χ1n) is 5.94. The molecule has 0 saturated carbocycles. The lowest BCUT2D eigenvalue weighted by molar-refractivity contribution is 0.872. The van der Waals surface area contributed by atoms with Crippen molar-refractivity contribution in [3.05, 3.63) is 60.7 Å². The Labute approximate surface area is 105 Å². The monoisotopic (exact) mass is 238 g/mol. The van der Waals surface area contributed by atoms with E-state index in [0.29, 0.717) is 0 Å². The van der Waals surface area contributed by atoms with E-state index in [1.807, 2.05) is 35.0 Å². The second-order valence-corrected chi connectivity index (χ2v) is 4.21. The molecule has 0 aliphatic carbocycles. The van der Waals surface area contributed by atoms with Gasteiger partial charge in [0.1, 0.15) is 0 Å². The number of aromatic nitrogens is 3. The molecule has 0 fully saturated rings. The quantitative estimate of drug-likeness (QED) is 0.763. The summed E-state index contributed by atoms with van der Waals surface area (Å²) in [5.74, 6) is 0.804. The second kappa shape index (κ2) is 4.49. The second-order valence-electron chi connectivity index (χ2n) is 4.21. The Kier molecular flexibility index (Phi) is 2.68. The first kappa shape index (κ1) is 10.8. The highest BCUT2D eigenvalue weighted by Gasteiger charge is 2.08. The Morgan fingerprint density at radius 2 is 1.78 bits per heavy atom. The van der Waals surface area contributed by atoms with Crippen LogP contribution in [0.15, 0.2) is 55.1 Å². The Morgan fingerprint density at radius 3 is 2.56 bits per heavy atom. The number of hydrogen-bond acceptors (Lipinski definition) is 3. The molecule has 0 unspecified atom stereocenters. The zero-order chi connectivity index (χ0) is 12.4.